The Labute approximate surface area is 144 Å². The number of carbonyl (C=O) groups is 2. The summed E-state index contributed by atoms with van der Waals surface area (Å²) in [5.74, 6) is -6.05. The van der Waals surface area contributed by atoms with Crippen LogP contribution in [0.25, 0.3) is 0 Å². The molecule has 1 aliphatic heterocycles. The zero-order valence-corrected chi connectivity index (χ0v) is 13.6. The molecule has 6 heteroatoms. The lowest BCUT2D eigenvalue weighted by atomic mass is 9.91. The minimum Gasteiger partial charge on any atom is -0.446 e. The summed E-state index contributed by atoms with van der Waals surface area (Å²) >= 11 is 0. The van der Waals surface area contributed by atoms with Gasteiger partial charge >= 0.3 is 6.09 Å². The van der Waals surface area contributed by atoms with Crippen LogP contribution in [-0.4, -0.2) is 29.4 Å². The van der Waals surface area contributed by atoms with E-state index >= 15 is 0 Å². The molecule has 2 atom stereocenters. The second kappa shape index (κ2) is 6.63. The second-order valence-electron chi connectivity index (χ2n) is 6.01. The number of ether oxygens (including phenoxy) is 1. The van der Waals surface area contributed by atoms with E-state index in [0.717, 1.165) is 4.90 Å². The maximum absolute atomic E-state index is 14.2. The van der Waals surface area contributed by atoms with Crippen molar-refractivity contribution >= 4 is 12.0 Å². The van der Waals surface area contributed by atoms with Crippen LogP contribution in [0.4, 0.5) is 13.6 Å². The van der Waals surface area contributed by atoms with Crippen molar-refractivity contribution in [1.29, 1.82) is 0 Å². The van der Waals surface area contributed by atoms with Gasteiger partial charge in [-0.15, -0.1) is 0 Å². The molecular formula is C19H17F2NO3. The van der Waals surface area contributed by atoms with Gasteiger partial charge in [0.2, 0.25) is 5.91 Å². The quantitative estimate of drug-likeness (QED) is 0.836. The highest BCUT2D eigenvalue weighted by Crippen LogP contribution is 2.38. The SMILES string of the molecule is CC(F)(F)C(C(=O)N1C(=O)OCC1c1ccccc1)c1ccccc1. The van der Waals surface area contributed by atoms with Gasteiger partial charge in [-0.25, -0.2) is 18.5 Å². The molecule has 25 heavy (non-hydrogen) atoms. The summed E-state index contributed by atoms with van der Waals surface area (Å²) < 4.78 is 33.4. The van der Waals surface area contributed by atoms with Crippen LogP contribution in [0.15, 0.2) is 60.7 Å². The van der Waals surface area contributed by atoms with Crippen molar-refractivity contribution < 1.29 is 23.1 Å². The van der Waals surface area contributed by atoms with E-state index in [1.54, 1.807) is 48.5 Å². The van der Waals surface area contributed by atoms with Gasteiger partial charge < -0.3 is 4.74 Å². The van der Waals surface area contributed by atoms with Gasteiger partial charge in [0, 0.05) is 6.92 Å². The Morgan fingerprint density at radius 1 is 1.12 bits per heavy atom. The fraction of sp³-hybridized carbons (Fsp3) is 0.263. The number of imide groups is 1. The first-order valence-electron chi connectivity index (χ1n) is 7.87. The molecule has 4 nitrogen and oxygen atoms in total. The summed E-state index contributed by atoms with van der Waals surface area (Å²) in [6, 6.07) is 15.8. The third-order valence-electron chi connectivity index (χ3n) is 4.18. The number of nitrogens with zero attached hydrogens (tertiary/aromatic N) is 1. The molecule has 0 bridgehead atoms. The topological polar surface area (TPSA) is 46.6 Å². The van der Waals surface area contributed by atoms with Crippen molar-refractivity contribution in [1.82, 2.24) is 4.90 Å². The van der Waals surface area contributed by atoms with Crippen molar-refractivity contribution in [3.63, 3.8) is 0 Å². The molecule has 3 rings (SSSR count). The molecule has 130 valence electrons. The van der Waals surface area contributed by atoms with Gasteiger partial charge in [-0.2, -0.15) is 0 Å². The Bertz CT molecular complexity index is 759. The predicted molar refractivity (Wildman–Crippen MR) is 87.2 cm³/mol. The fourth-order valence-corrected chi connectivity index (χ4v) is 3.02. The molecule has 0 saturated carbocycles. The Balaban J connectivity index is 1.99. The lowest BCUT2D eigenvalue weighted by Crippen LogP contribution is -2.43. The normalized spacial score (nSPS) is 18.8. The van der Waals surface area contributed by atoms with Crippen molar-refractivity contribution in [2.24, 2.45) is 0 Å². The first kappa shape index (κ1) is 17.1. The number of hydrogen-bond donors (Lipinski definition) is 0. The maximum atomic E-state index is 14.2. The fourth-order valence-electron chi connectivity index (χ4n) is 3.02. The molecule has 1 saturated heterocycles. The molecule has 1 fully saturated rings. The van der Waals surface area contributed by atoms with Gasteiger partial charge in [0.1, 0.15) is 18.6 Å². The molecule has 0 aromatic heterocycles. The molecule has 2 aromatic rings. The molecule has 2 aromatic carbocycles. The minimum atomic E-state index is -3.33. The van der Waals surface area contributed by atoms with Crippen LogP contribution in [0.5, 0.6) is 0 Å². The van der Waals surface area contributed by atoms with Crippen LogP contribution in [-0.2, 0) is 9.53 Å². The minimum absolute atomic E-state index is 0.0502. The molecule has 0 aliphatic carbocycles. The number of carbonyl (C=O) groups excluding carboxylic acids is 2. The summed E-state index contributed by atoms with van der Waals surface area (Å²) in [7, 11) is 0. The summed E-state index contributed by atoms with van der Waals surface area (Å²) in [4.78, 5) is 25.8. The van der Waals surface area contributed by atoms with E-state index in [0.29, 0.717) is 12.5 Å². The first-order valence-corrected chi connectivity index (χ1v) is 7.87. The van der Waals surface area contributed by atoms with E-state index in [4.69, 9.17) is 4.74 Å². The molecule has 0 radical (unpaired) electrons. The van der Waals surface area contributed by atoms with Gasteiger partial charge in [-0.05, 0) is 11.1 Å². The summed E-state index contributed by atoms with van der Waals surface area (Å²) in [5, 5.41) is 0. The zero-order chi connectivity index (χ0) is 18.0. The molecule has 2 unspecified atom stereocenters. The lowest BCUT2D eigenvalue weighted by Gasteiger charge is -2.28. The van der Waals surface area contributed by atoms with Crippen LogP contribution in [0.2, 0.25) is 0 Å². The highest BCUT2D eigenvalue weighted by Gasteiger charge is 2.49. The molecule has 1 heterocycles. The average molecular weight is 345 g/mol. The maximum Gasteiger partial charge on any atom is 0.417 e. The second-order valence-corrected chi connectivity index (χ2v) is 6.01. The predicted octanol–water partition coefficient (Wildman–Crippen LogP) is 4.15. The molecule has 2 amide bonds. The van der Waals surface area contributed by atoms with E-state index in [-0.39, 0.29) is 12.2 Å². The van der Waals surface area contributed by atoms with Gasteiger partial charge in [0.05, 0.1) is 0 Å². The third-order valence-corrected chi connectivity index (χ3v) is 4.18. The van der Waals surface area contributed by atoms with Gasteiger partial charge in [0.25, 0.3) is 5.92 Å². The zero-order valence-electron chi connectivity index (χ0n) is 13.6. The summed E-state index contributed by atoms with van der Waals surface area (Å²) in [5.41, 5.74) is 0.819. The van der Waals surface area contributed by atoms with Crippen LogP contribution < -0.4 is 0 Å². The van der Waals surface area contributed by atoms with Crippen molar-refractivity contribution in [3.8, 4) is 0 Å². The van der Waals surface area contributed by atoms with Crippen molar-refractivity contribution in [3.05, 3.63) is 71.8 Å². The smallest absolute Gasteiger partial charge is 0.417 e. The van der Waals surface area contributed by atoms with E-state index in [1.807, 2.05) is 0 Å². The highest BCUT2D eigenvalue weighted by atomic mass is 19.3. The number of amides is 2. The molecule has 0 spiro atoms. The molecular weight excluding hydrogens is 328 g/mol. The van der Waals surface area contributed by atoms with E-state index in [2.05, 4.69) is 0 Å². The van der Waals surface area contributed by atoms with Crippen LogP contribution in [0.1, 0.15) is 30.0 Å². The van der Waals surface area contributed by atoms with Crippen molar-refractivity contribution in [2.75, 3.05) is 6.61 Å². The Kier molecular flexibility index (Phi) is 4.53. The standard InChI is InChI=1S/C19H17F2NO3/c1-19(20,21)16(14-10-6-3-7-11-14)17(23)22-15(12-25-18(22)24)13-8-4-2-5-9-13/h2-11,15-16H,12H2,1H3. The number of alkyl halides is 2. The molecule has 1 aliphatic rings. The van der Waals surface area contributed by atoms with Crippen LogP contribution in [0, 0.1) is 0 Å². The first-order chi connectivity index (χ1) is 11.9. The highest BCUT2D eigenvalue weighted by molar-refractivity contribution is 5.98. The van der Waals surface area contributed by atoms with Crippen LogP contribution >= 0.6 is 0 Å². The lowest BCUT2D eigenvalue weighted by molar-refractivity contribution is -0.139. The number of halogens is 2. The average Bonchev–Trinajstić information content (AvgIpc) is 2.97. The van der Waals surface area contributed by atoms with E-state index < -0.39 is 29.9 Å². The number of hydrogen-bond acceptors (Lipinski definition) is 3. The Hall–Kier alpha value is -2.76. The monoisotopic (exact) mass is 345 g/mol. The Morgan fingerprint density at radius 2 is 1.68 bits per heavy atom. The van der Waals surface area contributed by atoms with E-state index in [9.17, 15) is 18.4 Å². The third kappa shape index (κ3) is 3.38. The van der Waals surface area contributed by atoms with E-state index in [1.165, 1.54) is 12.1 Å². The largest absolute Gasteiger partial charge is 0.446 e. The van der Waals surface area contributed by atoms with Gasteiger partial charge in [0.15, 0.2) is 0 Å². The van der Waals surface area contributed by atoms with Crippen molar-refractivity contribution in [2.45, 2.75) is 24.8 Å². The Morgan fingerprint density at radius 3 is 2.24 bits per heavy atom. The molecule has 0 N–H and O–H groups in total. The van der Waals surface area contributed by atoms with Gasteiger partial charge in [-0.1, -0.05) is 60.7 Å². The van der Waals surface area contributed by atoms with Crippen LogP contribution in [0.3, 0.4) is 0 Å². The number of benzene rings is 2. The number of cyclic esters (lactones) is 1. The summed E-state index contributed by atoms with van der Waals surface area (Å²) in [6.07, 6.45) is -0.899. The summed E-state index contributed by atoms with van der Waals surface area (Å²) in [6.45, 7) is 0.632. The van der Waals surface area contributed by atoms with Gasteiger partial charge in [-0.3, -0.25) is 4.79 Å². The number of rotatable bonds is 4.